The number of carbonyl (C=O) groups is 3. The van der Waals surface area contributed by atoms with Crippen LogP contribution in [0.2, 0.25) is 0 Å². The lowest BCUT2D eigenvalue weighted by Crippen LogP contribution is -2.36. The standard InChI is InChI=1S/C18H24N2O4S/c1-4-5-11-8-14(15(19)21)17(25-11)20-16(22)12-6-9(2)10(3)7-13(12)18(23)24/h8,12-13H,4-7H2,1-3H3,(H2,19,21)(H,20,22)(H,23,24)/t12-,13+/m0/s1. The SMILES string of the molecule is CCCc1cc(C(N)=O)c(NC(=O)[C@H]2CC(C)=C(C)C[C@H]2C(=O)O)s1. The van der Waals surface area contributed by atoms with Gasteiger partial charge in [-0.05, 0) is 39.2 Å². The first-order chi connectivity index (χ1) is 11.7. The molecule has 136 valence electrons. The molecule has 1 aromatic heterocycles. The Bertz CT molecular complexity index is 735. The molecule has 0 spiro atoms. The van der Waals surface area contributed by atoms with E-state index < -0.39 is 23.7 Å². The number of hydrogen-bond acceptors (Lipinski definition) is 4. The molecule has 2 amide bonds. The van der Waals surface area contributed by atoms with Crippen molar-refractivity contribution in [2.24, 2.45) is 17.6 Å². The molecule has 4 N–H and O–H groups in total. The third-order valence-electron chi connectivity index (χ3n) is 4.70. The van der Waals surface area contributed by atoms with Crippen molar-refractivity contribution in [2.75, 3.05) is 5.32 Å². The van der Waals surface area contributed by atoms with Crippen molar-refractivity contribution in [2.45, 2.75) is 46.5 Å². The van der Waals surface area contributed by atoms with E-state index in [1.807, 2.05) is 20.8 Å². The first-order valence-corrected chi connectivity index (χ1v) is 9.17. The molecule has 2 rings (SSSR count). The highest BCUT2D eigenvalue weighted by molar-refractivity contribution is 7.16. The van der Waals surface area contributed by atoms with Gasteiger partial charge in [0, 0.05) is 4.88 Å². The quantitative estimate of drug-likeness (QED) is 0.673. The molecule has 1 aromatic rings. The van der Waals surface area contributed by atoms with Gasteiger partial charge in [-0.2, -0.15) is 0 Å². The van der Waals surface area contributed by atoms with Gasteiger partial charge in [-0.25, -0.2) is 0 Å². The minimum absolute atomic E-state index is 0.285. The van der Waals surface area contributed by atoms with Crippen LogP contribution in [0.15, 0.2) is 17.2 Å². The van der Waals surface area contributed by atoms with Gasteiger partial charge in [0.15, 0.2) is 0 Å². The second kappa shape index (κ2) is 7.82. The number of nitrogens with two attached hydrogens (primary N) is 1. The maximum Gasteiger partial charge on any atom is 0.307 e. The van der Waals surface area contributed by atoms with Crippen LogP contribution in [0.25, 0.3) is 0 Å². The fourth-order valence-electron chi connectivity index (χ4n) is 3.12. The molecule has 25 heavy (non-hydrogen) atoms. The summed E-state index contributed by atoms with van der Waals surface area (Å²) >= 11 is 1.32. The number of aryl methyl sites for hydroxylation is 1. The van der Waals surface area contributed by atoms with Gasteiger partial charge in [-0.1, -0.05) is 24.5 Å². The van der Waals surface area contributed by atoms with Crippen LogP contribution in [0.1, 0.15) is 55.3 Å². The van der Waals surface area contributed by atoms with E-state index in [1.165, 1.54) is 11.3 Å². The molecule has 2 atom stereocenters. The zero-order valence-electron chi connectivity index (χ0n) is 14.7. The number of nitrogens with one attached hydrogen (secondary N) is 1. The number of hydrogen-bond donors (Lipinski definition) is 3. The van der Waals surface area contributed by atoms with Gasteiger partial charge in [-0.3, -0.25) is 14.4 Å². The minimum Gasteiger partial charge on any atom is -0.481 e. The molecule has 0 aliphatic heterocycles. The zero-order chi connectivity index (χ0) is 18.7. The molecule has 1 aliphatic rings. The van der Waals surface area contributed by atoms with E-state index in [4.69, 9.17) is 5.73 Å². The predicted octanol–water partition coefficient (Wildman–Crippen LogP) is 3.19. The summed E-state index contributed by atoms with van der Waals surface area (Å²) in [5.74, 6) is -3.35. The van der Waals surface area contributed by atoms with Gasteiger partial charge in [0.1, 0.15) is 5.00 Å². The molecule has 7 heteroatoms. The average Bonchev–Trinajstić information content (AvgIpc) is 2.92. The van der Waals surface area contributed by atoms with Crippen LogP contribution in [0.5, 0.6) is 0 Å². The van der Waals surface area contributed by atoms with Crippen molar-refractivity contribution in [1.29, 1.82) is 0 Å². The third kappa shape index (κ3) is 4.28. The van der Waals surface area contributed by atoms with Crippen molar-refractivity contribution in [3.05, 3.63) is 27.7 Å². The van der Waals surface area contributed by atoms with Crippen molar-refractivity contribution < 1.29 is 19.5 Å². The number of carbonyl (C=O) groups excluding carboxylic acids is 2. The Hall–Kier alpha value is -2.15. The number of aliphatic carboxylic acids is 1. The summed E-state index contributed by atoms with van der Waals surface area (Å²) in [6.07, 6.45) is 2.49. The number of carboxylic acids is 1. The van der Waals surface area contributed by atoms with Crippen LogP contribution in [0.3, 0.4) is 0 Å². The number of primary amides is 1. The van der Waals surface area contributed by atoms with E-state index in [0.29, 0.717) is 17.8 Å². The summed E-state index contributed by atoms with van der Waals surface area (Å²) in [5.41, 5.74) is 7.76. The Kier molecular flexibility index (Phi) is 6.00. The van der Waals surface area contributed by atoms with Gasteiger partial charge in [-0.15, -0.1) is 11.3 Å². The fraction of sp³-hybridized carbons (Fsp3) is 0.500. The van der Waals surface area contributed by atoms with E-state index in [0.717, 1.165) is 28.9 Å². The average molecular weight is 364 g/mol. The highest BCUT2D eigenvalue weighted by atomic mass is 32.1. The second-order valence-corrected chi connectivity index (χ2v) is 7.72. The van der Waals surface area contributed by atoms with Crippen LogP contribution < -0.4 is 11.1 Å². The second-order valence-electron chi connectivity index (χ2n) is 6.58. The first-order valence-electron chi connectivity index (χ1n) is 8.36. The smallest absolute Gasteiger partial charge is 0.307 e. The van der Waals surface area contributed by atoms with E-state index >= 15 is 0 Å². The zero-order valence-corrected chi connectivity index (χ0v) is 15.5. The summed E-state index contributed by atoms with van der Waals surface area (Å²) in [7, 11) is 0. The van der Waals surface area contributed by atoms with Crippen molar-refractivity contribution in [1.82, 2.24) is 0 Å². The number of thiophene rings is 1. The van der Waals surface area contributed by atoms with Crippen LogP contribution in [-0.4, -0.2) is 22.9 Å². The van der Waals surface area contributed by atoms with Gasteiger partial charge in [0.25, 0.3) is 5.91 Å². The highest BCUT2D eigenvalue weighted by Gasteiger charge is 2.37. The van der Waals surface area contributed by atoms with E-state index in [2.05, 4.69) is 5.32 Å². The number of anilines is 1. The van der Waals surface area contributed by atoms with E-state index in [1.54, 1.807) is 6.07 Å². The molecule has 1 aliphatic carbocycles. The molecule has 0 saturated carbocycles. The monoisotopic (exact) mass is 364 g/mol. The Labute approximate surface area is 151 Å². The molecule has 0 unspecified atom stereocenters. The molecular formula is C18H24N2O4S. The topological polar surface area (TPSA) is 109 Å². The fourth-order valence-corrected chi connectivity index (χ4v) is 4.29. The van der Waals surface area contributed by atoms with Crippen LogP contribution in [-0.2, 0) is 16.0 Å². The molecule has 0 radical (unpaired) electrons. The van der Waals surface area contributed by atoms with E-state index in [9.17, 15) is 19.5 Å². The molecule has 0 aromatic carbocycles. The number of allylic oxidation sites excluding steroid dienone is 2. The Balaban J connectivity index is 2.26. The number of rotatable bonds is 6. The summed E-state index contributed by atoms with van der Waals surface area (Å²) in [5, 5.41) is 12.6. The maximum atomic E-state index is 12.7. The van der Waals surface area contributed by atoms with E-state index in [-0.39, 0.29) is 11.5 Å². The molecule has 6 nitrogen and oxygen atoms in total. The third-order valence-corrected chi connectivity index (χ3v) is 5.81. The molecule has 0 fully saturated rings. The van der Waals surface area contributed by atoms with Gasteiger partial charge in [0.05, 0.1) is 17.4 Å². The summed E-state index contributed by atoms with van der Waals surface area (Å²) in [6.45, 7) is 5.85. The van der Waals surface area contributed by atoms with Crippen molar-refractivity contribution in [3.8, 4) is 0 Å². The number of amides is 2. The lowest BCUT2D eigenvalue weighted by atomic mass is 9.76. The molecule has 0 bridgehead atoms. The summed E-state index contributed by atoms with van der Waals surface area (Å²) in [6, 6.07) is 1.71. The van der Waals surface area contributed by atoms with Gasteiger partial charge < -0.3 is 16.2 Å². The van der Waals surface area contributed by atoms with Crippen LogP contribution in [0.4, 0.5) is 5.00 Å². The molecular weight excluding hydrogens is 340 g/mol. The van der Waals surface area contributed by atoms with Crippen LogP contribution >= 0.6 is 11.3 Å². The minimum atomic E-state index is -0.972. The lowest BCUT2D eigenvalue weighted by Gasteiger charge is -2.29. The Morgan fingerprint density at radius 3 is 2.36 bits per heavy atom. The Morgan fingerprint density at radius 1 is 1.24 bits per heavy atom. The first kappa shape index (κ1) is 19.2. The number of carboxylic acid groups (broad SMARTS) is 1. The van der Waals surface area contributed by atoms with Crippen molar-refractivity contribution >= 4 is 34.1 Å². The highest BCUT2D eigenvalue weighted by Crippen LogP contribution is 2.36. The lowest BCUT2D eigenvalue weighted by molar-refractivity contribution is -0.146. The van der Waals surface area contributed by atoms with Crippen LogP contribution in [0, 0.1) is 11.8 Å². The normalized spacial score (nSPS) is 20.4. The largest absolute Gasteiger partial charge is 0.481 e. The van der Waals surface area contributed by atoms with Gasteiger partial charge in [0.2, 0.25) is 5.91 Å². The molecule has 1 heterocycles. The van der Waals surface area contributed by atoms with Gasteiger partial charge >= 0.3 is 5.97 Å². The molecule has 0 saturated heterocycles. The summed E-state index contributed by atoms with van der Waals surface area (Å²) in [4.78, 5) is 36.9. The van der Waals surface area contributed by atoms with Crippen molar-refractivity contribution in [3.63, 3.8) is 0 Å². The Morgan fingerprint density at radius 2 is 1.84 bits per heavy atom. The maximum absolute atomic E-state index is 12.7. The predicted molar refractivity (Wildman–Crippen MR) is 97.7 cm³/mol. The summed E-state index contributed by atoms with van der Waals surface area (Å²) < 4.78 is 0.